The van der Waals surface area contributed by atoms with E-state index in [0.29, 0.717) is 11.3 Å². The summed E-state index contributed by atoms with van der Waals surface area (Å²) in [7, 11) is 1.76. The Kier molecular flexibility index (Phi) is 3.10. The molecule has 0 spiro atoms. The van der Waals surface area contributed by atoms with Crippen molar-refractivity contribution in [2.45, 2.75) is 6.04 Å². The third-order valence-corrected chi connectivity index (χ3v) is 2.19. The Balaban J connectivity index is 2.06. The van der Waals surface area contributed by atoms with E-state index in [1.807, 2.05) is 0 Å². The number of carbonyl (C=O) groups excluding carboxylic acids is 1. The molecule has 0 fully saturated rings. The van der Waals surface area contributed by atoms with E-state index >= 15 is 0 Å². The molecule has 0 aliphatic heterocycles. The van der Waals surface area contributed by atoms with E-state index < -0.39 is 6.04 Å². The Labute approximate surface area is 97.7 Å². The Morgan fingerprint density at radius 3 is 2.71 bits per heavy atom. The van der Waals surface area contributed by atoms with Crippen molar-refractivity contribution >= 4 is 11.6 Å². The smallest absolute Gasteiger partial charge is 0.246 e. The number of aromatic nitrogens is 4. The number of rotatable bonds is 3. The van der Waals surface area contributed by atoms with Crippen molar-refractivity contribution in [2.75, 3.05) is 5.32 Å². The van der Waals surface area contributed by atoms with Crippen molar-refractivity contribution in [1.29, 1.82) is 0 Å². The highest BCUT2D eigenvalue weighted by Crippen LogP contribution is 2.11. The normalized spacial score (nSPS) is 12.1. The van der Waals surface area contributed by atoms with Crippen LogP contribution in [0.25, 0.3) is 0 Å². The van der Waals surface area contributed by atoms with Crippen LogP contribution in [0.2, 0.25) is 0 Å². The molecule has 7 heteroatoms. The van der Waals surface area contributed by atoms with E-state index in [4.69, 9.17) is 5.73 Å². The predicted octanol–water partition coefficient (Wildman–Crippen LogP) is -0.151. The van der Waals surface area contributed by atoms with Crippen LogP contribution >= 0.6 is 0 Å². The van der Waals surface area contributed by atoms with Crippen LogP contribution in [0, 0.1) is 0 Å². The van der Waals surface area contributed by atoms with Crippen molar-refractivity contribution in [2.24, 2.45) is 12.8 Å². The molecule has 0 saturated carbocycles. The van der Waals surface area contributed by atoms with Crippen LogP contribution in [0.1, 0.15) is 11.6 Å². The summed E-state index contributed by atoms with van der Waals surface area (Å²) in [5.74, 6) is -0.326. The van der Waals surface area contributed by atoms with Crippen molar-refractivity contribution in [1.82, 2.24) is 19.7 Å². The van der Waals surface area contributed by atoms with Crippen molar-refractivity contribution < 1.29 is 4.79 Å². The van der Waals surface area contributed by atoms with E-state index in [2.05, 4.69) is 20.4 Å². The summed E-state index contributed by atoms with van der Waals surface area (Å²) in [4.78, 5) is 19.4. The van der Waals surface area contributed by atoms with Gasteiger partial charge in [-0.25, -0.2) is 9.97 Å². The van der Waals surface area contributed by atoms with Crippen LogP contribution < -0.4 is 11.1 Å². The maximum Gasteiger partial charge on any atom is 0.246 e. The highest BCUT2D eigenvalue weighted by molar-refractivity contribution is 5.95. The molecule has 0 aromatic carbocycles. The Morgan fingerprint density at radius 2 is 2.12 bits per heavy atom. The molecular formula is C10H12N6O. The van der Waals surface area contributed by atoms with Gasteiger partial charge in [0.2, 0.25) is 5.91 Å². The molecule has 1 unspecified atom stereocenters. The summed E-state index contributed by atoms with van der Waals surface area (Å²) in [6.07, 6.45) is 7.65. The number of anilines is 1. The molecule has 1 amide bonds. The van der Waals surface area contributed by atoms with Crippen LogP contribution in [0.4, 0.5) is 5.69 Å². The number of nitrogens with two attached hydrogens (primary N) is 1. The van der Waals surface area contributed by atoms with Gasteiger partial charge in [-0.1, -0.05) is 0 Å². The monoisotopic (exact) mass is 232 g/mol. The summed E-state index contributed by atoms with van der Waals surface area (Å²) in [5, 5.41) is 6.58. The standard InChI is InChI=1S/C10H12N6O/c1-16-5-7(2-14-16)9(11)10(17)15-8-3-12-6-13-4-8/h2-6,9H,11H2,1H3,(H,15,17). The molecule has 2 aromatic heterocycles. The number of amides is 1. The van der Waals surface area contributed by atoms with Crippen LogP contribution in [0.5, 0.6) is 0 Å². The fourth-order valence-corrected chi connectivity index (χ4v) is 1.34. The third kappa shape index (κ3) is 2.64. The molecular weight excluding hydrogens is 220 g/mol. The lowest BCUT2D eigenvalue weighted by atomic mass is 10.1. The van der Waals surface area contributed by atoms with Gasteiger partial charge >= 0.3 is 0 Å². The van der Waals surface area contributed by atoms with Crippen molar-refractivity contribution in [3.05, 3.63) is 36.7 Å². The minimum absolute atomic E-state index is 0.326. The first kappa shape index (κ1) is 11.2. The maximum atomic E-state index is 11.8. The highest BCUT2D eigenvalue weighted by Gasteiger charge is 2.17. The van der Waals surface area contributed by atoms with Crippen molar-refractivity contribution in [3.63, 3.8) is 0 Å². The van der Waals surface area contributed by atoms with E-state index in [1.54, 1.807) is 24.1 Å². The van der Waals surface area contributed by atoms with Gasteiger partial charge < -0.3 is 11.1 Å². The van der Waals surface area contributed by atoms with Gasteiger partial charge in [0.15, 0.2) is 0 Å². The maximum absolute atomic E-state index is 11.8. The van der Waals surface area contributed by atoms with Gasteiger partial charge in [-0.3, -0.25) is 9.48 Å². The minimum atomic E-state index is -0.760. The lowest BCUT2D eigenvalue weighted by molar-refractivity contribution is -0.117. The van der Waals surface area contributed by atoms with Gasteiger partial charge in [0.25, 0.3) is 0 Å². The molecule has 17 heavy (non-hydrogen) atoms. The Hall–Kier alpha value is -2.28. The molecule has 7 nitrogen and oxygen atoms in total. The molecule has 2 aromatic rings. The highest BCUT2D eigenvalue weighted by atomic mass is 16.2. The van der Waals surface area contributed by atoms with Crippen LogP contribution in [0.15, 0.2) is 31.1 Å². The van der Waals surface area contributed by atoms with Crippen LogP contribution in [-0.2, 0) is 11.8 Å². The van der Waals surface area contributed by atoms with Crippen LogP contribution in [-0.4, -0.2) is 25.7 Å². The molecule has 0 bridgehead atoms. The minimum Gasteiger partial charge on any atom is -0.322 e. The Morgan fingerprint density at radius 1 is 1.41 bits per heavy atom. The zero-order valence-corrected chi connectivity index (χ0v) is 9.24. The second-order valence-electron chi connectivity index (χ2n) is 3.54. The SMILES string of the molecule is Cn1cc(C(N)C(=O)Nc2cncnc2)cn1. The second kappa shape index (κ2) is 4.71. The number of nitrogens with zero attached hydrogens (tertiary/aromatic N) is 4. The number of aryl methyl sites for hydroxylation is 1. The van der Waals surface area contributed by atoms with E-state index in [0.717, 1.165) is 0 Å². The number of carbonyl (C=O) groups is 1. The zero-order valence-electron chi connectivity index (χ0n) is 9.24. The molecule has 0 saturated heterocycles. The Bertz CT molecular complexity index is 509. The average Bonchev–Trinajstić information content (AvgIpc) is 2.76. The predicted molar refractivity (Wildman–Crippen MR) is 60.8 cm³/mol. The number of hydrogen-bond donors (Lipinski definition) is 2. The van der Waals surface area contributed by atoms with Crippen LogP contribution in [0.3, 0.4) is 0 Å². The molecule has 0 aliphatic carbocycles. The zero-order chi connectivity index (χ0) is 12.3. The van der Waals surface area contributed by atoms with E-state index in [9.17, 15) is 4.79 Å². The first-order chi connectivity index (χ1) is 8.16. The van der Waals surface area contributed by atoms with Gasteiger partial charge in [0.05, 0.1) is 24.3 Å². The quantitative estimate of drug-likeness (QED) is 0.766. The molecule has 1 atom stereocenters. The van der Waals surface area contributed by atoms with Gasteiger partial charge in [0.1, 0.15) is 12.4 Å². The third-order valence-electron chi connectivity index (χ3n) is 2.19. The summed E-state index contributed by atoms with van der Waals surface area (Å²) < 4.78 is 1.59. The molecule has 0 aliphatic rings. The number of nitrogens with one attached hydrogen (secondary N) is 1. The summed E-state index contributed by atoms with van der Waals surface area (Å²) >= 11 is 0. The lowest BCUT2D eigenvalue weighted by Gasteiger charge is -2.09. The first-order valence-electron chi connectivity index (χ1n) is 4.97. The average molecular weight is 232 g/mol. The summed E-state index contributed by atoms with van der Waals surface area (Å²) in [6, 6.07) is -0.760. The van der Waals surface area contributed by atoms with Gasteiger partial charge in [-0.2, -0.15) is 5.10 Å². The summed E-state index contributed by atoms with van der Waals surface area (Å²) in [5.41, 5.74) is 6.96. The number of hydrogen-bond acceptors (Lipinski definition) is 5. The molecule has 88 valence electrons. The molecule has 3 N–H and O–H groups in total. The first-order valence-corrected chi connectivity index (χ1v) is 4.97. The molecule has 2 rings (SSSR count). The summed E-state index contributed by atoms with van der Waals surface area (Å²) in [6.45, 7) is 0. The van der Waals surface area contributed by atoms with Gasteiger partial charge in [-0.05, 0) is 0 Å². The van der Waals surface area contributed by atoms with Crippen molar-refractivity contribution in [3.8, 4) is 0 Å². The topological polar surface area (TPSA) is 98.7 Å². The van der Waals surface area contributed by atoms with Gasteiger partial charge in [0, 0.05) is 18.8 Å². The fourth-order valence-electron chi connectivity index (χ4n) is 1.34. The molecule has 0 radical (unpaired) electrons. The lowest BCUT2D eigenvalue weighted by Crippen LogP contribution is -2.27. The van der Waals surface area contributed by atoms with E-state index in [1.165, 1.54) is 18.7 Å². The fraction of sp³-hybridized carbons (Fsp3) is 0.200. The largest absolute Gasteiger partial charge is 0.322 e. The van der Waals surface area contributed by atoms with E-state index in [-0.39, 0.29) is 5.91 Å². The van der Waals surface area contributed by atoms with Gasteiger partial charge in [-0.15, -0.1) is 0 Å². The second-order valence-corrected chi connectivity index (χ2v) is 3.54. The molecule has 2 heterocycles.